The van der Waals surface area contributed by atoms with E-state index in [1.165, 1.54) is 11.4 Å². The van der Waals surface area contributed by atoms with Gasteiger partial charge in [-0.1, -0.05) is 25.2 Å². The van der Waals surface area contributed by atoms with Crippen LogP contribution in [0.2, 0.25) is 0 Å². The van der Waals surface area contributed by atoms with Gasteiger partial charge >= 0.3 is 0 Å². The van der Waals surface area contributed by atoms with Crippen LogP contribution in [-0.4, -0.2) is 50.8 Å². The van der Waals surface area contributed by atoms with E-state index in [1.54, 1.807) is 6.66 Å². The highest BCUT2D eigenvalue weighted by molar-refractivity contribution is 8.58. The van der Waals surface area contributed by atoms with Crippen LogP contribution in [0.1, 0.15) is 33.6 Å². The van der Waals surface area contributed by atoms with Crippen LogP contribution in [0.25, 0.3) is 0 Å². The summed E-state index contributed by atoms with van der Waals surface area (Å²) in [6, 6.07) is 7.47. The summed E-state index contributed by atoms with van der Waals surface area (Å²) >= 11 is 1.25. The van der Waals surface area contributed by atoms with Crippen molar-refractivity contribution >= 4 is 23.6 Å². The lowest BCUT2D eigenvalue weighted by molar-refractivity contribution is -0.122. The van der Waals surface area contributed by atoms with Gasteiger partial charge in [-0.25, -0.2) is 0 Å². The Balaban J connectivity index is 2.03. The minimum Gasteiger partial charge on any atom is -0.493 e. The molecule has 1 saturated heterocycles. The molecule has 2 rings (SSSR count). The van der Waals surface area contributed by atoms with Crippen LogP contribution in [0.15, 0.2) is 29.2 Å². The van der Waals surface area contributed by atoms with Crippen molar-refractivity contribution in [1.29, 1.82) is 0 Å². The Labute approximate surface area is 172 Å². The first-order valence-electron chi connectivity index (χ1n) is 9.57. The van der Waals surface area contributed by atoms with Crippen molar-refractivity contribution in [2.75, 3.05) is 39.7 Å². The van der Waals surface area contributed by atoms with Crippen LogP contribution in [0, 0.1) is 5.41 Å². The molecule has 1 aromatic carbocycles. The monoisotopic (exact) mass is 429 g/mol. The van der Waals surface area contributed by atoms with Crippen molar-refractivity contribution in [3.05, 3.63) is 24.3 Å². The Morgan fingerprint density at radius 2 is 1.86 bits per heavy atom. The van der Waals surface area contributed by atoms with E-state index in [4.69, 9.17) is 19.9 Å². The summed E-state index contributed by atoms with van der Waals surface area (Å²) in [5, 5.41) is -1.01. The summed E-state index contributed by atoms with van der Waals surface area (Å²) in [4.78, 5) is 13.0. The lowest BCUT2D eigenvalue weighted by Gasteiger charge is -2.38. The number of hydrogen-bond acceptors (Lipinski definition) is 6. The molecular formula is C20H32NO5PS. The molecular weight excluding hydrogens is 397 g/mol. The molecule has 8 heteroatoms. The van der Waals surface area contributed by atoms with Crippen LogP contribution in [0.4, 0.5) is 0 Å². The average molecular weight is 430 g/mol. The van der Waals surface area contributed by atoms with Crippen LogP contribution in [-0.2, 0) is 18.8 Å². The number of ether oxygens (including phenoxy) is 3. The Morgan fingerprint density at radius 1 is 1.25 bits per heavy atom. The first-order valence-corrected chi connectivity index (χ1v) is 13.1. The number of carbonyl (C=O) groups excluding carboxylic acids is 1. The molecule has 158 valence electrons. The largest absolute Gasteiger partial charge is 0.493 e. The van der Waals surface area contributed by atoms with Crippen LogP contribution in [0.5, 0.6) is 5.75 Å². The topological polar surface area (TPSA) is 87.9 Å². The number of hydrogen-bond donors (Lipinski definition) is 1. The molecule has 6 nitrogen and oxygen atoms in total. The Kier molecular flexibility index (Phi) is 8.03. The van der Waals surface area contributed by atoms with E-state index in [0.717, 1.165) is 10.6 Å². The predicted octanol–water partition coefficient (Wildman–Crippen LogP) is 4.16. The second-order valence-electron chi connectivity index (χ2n) is 8.01. The molecule has 1 fully saturated rings. The third-order valence-corrected chi connectivity index (χ3v) is 10.8. The molecule has 1 amide bonds. The Hall–Kier alpha value is -1.01. The smallest absolute Gasteiger partial charge is 0.232 e. The zero-order chi connectivity index (χ0) is 20.8. The number of benzene rings is 1. The molecule has 0 bridgehead atoms. The van der Waals surface area contributed by atoms with Crippen molar-refractivity contribution in [1.82, 2.24) is 0 Å². The Bertz CT molecular complexity index is 701. The minimum absolute atomic E-state index is 0.0839. The zero-order valence-electron chi connectivity index (χ0n) is 17.2. The van der Waals surface area contributed by atoms with Crippen LogP contribution in [0.3, 0.4) is 0 Å². The highest BCUT2D eigenvalue weighted by Crippen LogP contribution is 2.70. The average Bonchev–Trinajstić information content (AvgIpc) is 2.66. The fourth-order valence-electron chi connectivity index (χ4n) is 3.15. The van der Waals surface area contributed by atoms with Crippen molar-refractivity contribution in [2.24, 2.45) is 11.1 Å². The van der Waals surface area contributed by atoms with Gasteiger partial charge < -0.3 is 24.5 Å². The summed E-state index contributed by atoms with van der Waals surface area (Å²) in [5.74, 6) is 0.251. The molecule has 1 atom stereocenters. The van der Waals surface area contributed by atoms with Gasteiger partial charge in [0.25, 0.3) is 0 Å². The van der Waals surface area contributed by atoms with Gasteiger partial charge in [0, 0.05) is 30.1 Å². The maximum absolute atomic E-state index is 13.5. The van der Waals surface area contributed by atoms with Crippen molar-refractivity contribution in [3.8, 4) is 5.75 Å². The van der Waals surface area contributed by atoms with E-state index in [2.05, 4.69) is 13.8 Å². The summed E-state index contributed by atoms with van der Waals surface area (Å²) in [5.41, 5.74) is 5.59. The van der Waals surface area contributed by atoms with Gasteiger partial charge in [0.2, 0.25) is 5.91 Å². The van der Waals surface area contributed by atoms with Crippen molar-refractivity contribution < 1.29 is 23.6 Å². The highest BCUT2D eigenvalue weighted by Gasteiger charge is 2.51. The maximum atomic E-state index is 13.5. The third kappa shape index (κ3) is 5.76. The molecule has 0 saturated carbocycles. The molecule has 1 aliphatic rings. The minimum atomic E-state index is -2.94. The van der Waals surface area contributed by atoms with Gasteiger partial charge in [0.15, 0.2) is 6.34 Å². The first-order chi connectivity index (χ1) is 13.1. The van der Waals surface area contributed by atoms with E-state index in [-0.39, 0.29) is 5.41 Å². The number of primary amides is 1. The molecule has 2 N–H and O–H groups in total. The normalized spacial score (nSPS) is 19.0. The van der Waals surface area contributed by atoms with Gasteiger partial charge in [0.05, 0.1) is 13.2 Å². The van der Waals surface area contributed by atoms with E-state index in [0.29, 0.717) is 45.9 Å². The van der Waals surface area contributed by atoms with Crippen molar-refractivity contribution in [3.63, 3.8) is 0 Å². The van der Waals surface area contributed by atoms with E-state index < -0.39 is 17.4 Å². The second-order valence-corrected chi connectivity index (χ2v) is 13.8. The maximum Gasteiger partial charge on any atom is 0.232 e. The highest BCUT2D eigenvalue weighted by atomic mass is 32.7. The quantitative estimate of drug-likeness (QED) is 0.562. The lowest BCUT2D eigenvalue weighted by Crippen LogP contribution is -2.47. The summed E-state index contributed by atoms with van der Waals surface area (Å²) in [6.45, 7) is 10.5. The SMILES string of the molecule is CCOCC(C)(C)COc1ccc(SP(C)(=O)C2(C(N)=O)CCOCC2)cc1. The molecule has 0 radical (unpaired) electrons. The molecule has 1 aliphatic heterocycles. The molecule has 1 unspecified atom stereocenters. The van der Waals surface area contributed by atoms with Gasteiger partial charge in [-0.3, -0.25) is 4.79 Å². The van der Waals surface area contributed by atoms with Gasteiger partial charge in [-0.05, 0) is 50.7 Å². The Morgan fingerprint density at radius 3 is 2.39 bits per heavy atom. The molecule has 28 heavy (non-hydrogen) atoms. The van der Waals surface area contributed by atoms with E-state index in [9.17, 15) is 9.36 Å². The fraction of sp³-hybridized carbons (Fsp3) is 0.650. The number of amides is 1. The van der Waals surface area contributed by atoms with Gasteiger partial charge in [-0.2, -0.15) is 0 Å². The zero-order valence-corrected chi connectivity index (χ0v) is 18.9. The van der Waals surface area contributed by atoms with Gasteiger partial charge in [0.1, 0.15) is 10.9 Å². The summed E-state index contributed by atoms with van der Waals surface area (Å²) < 4.78 is 30.2. The van der Waals surface area contributed by atoms with Gasteiger partial charge in [-0.15, -0.1) is 0 Å². The first kappa shape index (κ1) is 23.3. The van der Waals surface area contributed by atoms with Crippen LogP contribution >= 0.6 is 17.7 Å². The van der Waals surface area contributed by atoms with E-state index >= 15 is 0 Å². The third-order valence-electron chi connectivity index (χ3n) is 4.99. The molecule has 1 aromatic rings. The van der Waals surface area contributed by atoms with Crippen LogP contribution < -0.4 is 10.5 Å². The molecule has 0 spiro atoms. The van der Waals surface area contributed by atoms with E-state index in [1.807, 2.05) is 31.2 Å². The summed E-state index contributed by atoms with van der Waals surface area (Å²) in [7, 11) is 0. The summed E-state index contributed by atoms with van der Waals surface area (Å²) in [6.07, 6.45) is -2.14. The second kappa shape index (κ2) is 9.66. The molecule has 0 aliphatic carbocycles. The standard InChI is InChI=1S/C20H32NO5PS/c1-5-24-14-19(2,3)15-26-16-6-8-17(9-7-16)28-27(4,23)20(18(21)22)10-12-25-13-11-20/h6-9H,5,10-15H2,1-4H3,(H2,21,22). The number of nitrogens with two attached hydrogens (primary N) is 1. The number of carbonyl (C=O) groups is 1. The number of rotatable bonds is 10. The molecule has 1 heterocycles. The fourth-order valence-corrected chi connectivity index (χ4v) is 8.29. The van der Waals surface area contributed by atoms with Crippen molar-refractivity contribution in [2.45, 2.75) is 43.7 Å². The molecule has 0 aromatic heterocycles. The lowest BCUT2D eigenvalue weighted by atomic mass is 9.96. The predicted molar refractivity (Wildman–Crippen MR) is 114 cm³/mol.